The molecule has 5 aromatic rings. The summed E-state index contributed by atoms with van der Waals surface area (Å²) < 4.78 is 6.80. The first-order chi connectivity index (χ1) is 12.4. The van der Waals surface area contributed by atoms with E-state index in [9.17, 15) is 0 Å². The van der Waals surface area contributed by atoms with Crippen molar-refractivity contribution >= 4 is 16.7 Å². The van der Waals surface area contributed by atoms with Gasteiger partial charge in [0, 0.05) is 23.6 Å². The maximum Gasteiger partial charge on any atom is 0.261 e. The predicted octanol–water partition coefficient (Wildman–Crippen LogP) is 2.99. The van der Waals surface area contributed by atoms with Crippen molar-refractivity contribution in [2.75, 3.05) is 0 Å². The van der Waals surface area contributed by atoms with Crippen molar-refractivity contribution in [1.82, 2.24) is 18.9 Å². The number of benzene rings is 1. The van der Waals surface area contributed by atoms with Gasteiger partial charge in [0.2, 0.25) is 5.69 Å². The molecule has 25 heavy (non-hydrogen) atoms. The van der Waals surface area contributed by atoms with Crippen LogP contribution < -0.4 is 4.57 Å². The molecule has 0 N–H and O–H groups in total. The van der Waals surface area contributed by atoms with Crippen LogP contribution in [-0.4, -0.2) is 18.9 Å². The fourth-order valence-corrected chi connectivity index (χ4v) is 3.92. The van der Waals surface area contributed by atoms with E-state index in [4.69, 9.17) is 0 Å². The van der Waals surface area contributed by atoms with Gasteiger partial charge in [-0.15, -0.1) is 0 Å². The molecular weight excluding hydrogens is 310 g/mol. The van der Waals surface area contributed by atoms with E-state index < -0.39 is 0 Å². The first-order valence-electron chi connectivity index (χ1n) is 8.30. The smallest absolute Gasteiger partial charge is 0.261 e. The minimum Gasteiger partial charge on any atom is -0.269 e. The standard InChI is InChI=1S/C20H14N5/c1-2-6-15(7-3-1)25-16-8-10-21-11-17(16)24-13-23-12-14-5-4-9-22-18(14)19(23)20(24)25/h1-11,13H,12H2/q+1. The number of hydrogen-bond donors (Lipinski definition) is 0. The zero-order valence-electron chi connectivity index (χ0n) is 13.4. The second kappa shape index (κ2) is 4.54. The number of hydrogen-bond acceptors (Lipinski definition) is 2. The number of para-hydroxylation sites is 1. The monoisotopic (exact) mass is 324 g/mol. The first kappa shape index (κ1) is 12.9. The molecule has 0 unspecified atom stereocenters. The summed E-state index contributed by atoms with van der Waals surface area (Å²) in [5.41, 5.74) is 8.01. The highest BCUT2D eigenvalue weighted by molar-refractivity contribution is 5.88. The van der Waals surface area contributed by atoms with Crippen LogP contribution in [-0.2, 0) is 6.54 Å². The van der Waals surface area contributed by atoms with Gasteiger partial charge in [-0.2, -0.15) is 4.40 Å². The molecule has 0 atom stereocenters. The highest BCUT2D eigenvalue weighted by Gasteiger charge is 2.34. The van der Waals surface area contributed by atoms with E-state index in [-0.39, 0.29) is 0 Å². The van der Waals surface area contributed by atoms with Crippen molar-refractivity contribution in [1.29, 1.82) is 0 Å². The molecule has 118 valence electrons. The summed E-state index contributed by atoms with van der Waals surface area (Å²) in [6.07, 6.45) is 7.81. The van der Waals surface area contributed by atoms with E-state index in [1.807, 2.05) is 30.7 Å². The Bertz CT molecular complexity index is 1260. The second-order valence-corrected chi connectivity index (χ2v) is 6.33. The maximum absolute atomic E-state index is 4.66. The van der Waals surface area contributed by atoms with Gasteiger partial charge in [-0.1, -0.05) is 24.3 Å². The normalized spacial score (nSPS) is 12.6. The number of fused-ring (bicyclic) bond motifs is 7. The lowest BCUT2D eigenvalue weighted by atomic mass is 10.2. The molecular formula is C20H14N5+. The summed E-state index contributed by atoms with van der Waals surface area (Å²) in [7, 11) is 0. The Hall–Kier alpha value is -3.47. The number of aromatic nitrogens is 5. The SMILES string of the molecule is c1ccc(-n2c3ccncc3n3c[n+]4c(c23)-c2ncccc2C4)cc1. The van der Waals surface area contributed by atoms with Gasteiger partial charge in [0.1, 0.15) is 17.8 Å². The molecule has 0 bridgehead atoms. The molecule has 0 saturated carbocycles. The van der Waals surface area contributed by atoms with Crippen molar-refractivity contribution < 1.29 is 4.57 Å². The summed E-state index contributed by atoms with van der Waals surface area (Å²) in [6.45, 7) is 0.858. The average molecular weight is 324 g/mol. The van der Waals surface area contributed by atoms with E-state index in [1.165, 1.54) is 5.56 Å². The molecule has 0 aliphatic carbocycles. The van der Waals surface area contributed by atoms with Crippen LogP contribution in [0, 0.1) is 0 Å². The van der Waals surface area contributed by atoms with E-state index in [0.29, 0.717) is 0 Å². The van der Waals surface area contributed by atoms with Crippen molar-refractivity contribution in [2.45, 2.75) is 6.54 Å². The van der Waals surface area contributed by atoms with Crippen LogP contribution in [0.25, 0.3) is 33.8 Å². The molecule has 0 saturated heterocycles. The zero-order valence-corrected chi connectivity index (χ0v) is 13.4. The van der Waals surface area contributed by atoms with Gasteiger partial charge in [-0.3, -0.25) is 14.5 Å². The largest absolute Gasteiger partial charge is 0.269 e. The Balaban J connectivity index is 1.84. The van der Waals surface area contributed by atoms with Gasteiger partial charge >= 0.3 is 0 Å². The topological polar surface area (TPSA) is 39.0 Å². The Kier molecular flexibility index (Phi) is 2.34. The van der Waals surface area contributed by atoms with Gasteiger partial charge in [-0.05, 0) is 24.3 Å². The number of nitrogens with zero attached hydrogens (tertiary/aromatic N) is 5. The zero-order chi connectivity index (χ0) is 16.4. The summed E-state index contributed by atoms with van der Waals surface area (Å²) in [6, 6.07) is 16.7. The van der Waals surface area contributed by atoms with Crippen LogP contribution >= 0.6 is 0 Å². The number of imidazole rings is 2. The highest BCUT2D eigenvalue weighted by atomic mass is 15.2. The molecule has 1 aliphatic heterocycles. The van der Waals surface area contributed by atoms with Crippen molar-refractivity contribution in [3.05, 3.63) is 79.0 Å². The maximum atomic E-state index is 4.66. The lowest BCUT2D eigenvalue weighted by Gasteiger charge is -2.04. The van der Waals surface area contributed by atoms with Gasteiger partial charge in [0.15, 0.2) is 5.52 Å². The van der Waals surface area contributed by atoms with Crippen molar-refractivity contribution in [2.24, 2.45) is 0 Å². The quantitative estimate of drug-likeness (QED) is 0.436. The van der Waals surface area contributed by atoms with E-state index in [2.05, 4.69) is 66.2 Å². The van der Waals surface area contributed by atoms with Crippen molar-refractivity contribution in [3.63, 3.8) is 0 Å². The summed E-state index contributed by atoms with van der Waals surface area (Å²) in [5, 5.41) is 0. The Morgan fingerprint density at radius 1 is 0.920 bits per heavy atom. The van der Waals surface area contributed by atoms with Crippen LogP contribution in [0.5, 0.6) is 0 Å². The predicted molar refractivity (Wildman–Crippen MR) is 94.6 cm³/mol. The Morgan fingerprint density at radius 2 is 1.84 bits per heavy atom. The van der Waals surface area contributed by atoms with Crippen molar-refractivity contribution in [3.8, 4) is 17.1 Å². The Labute approximate surface area is 143 Å². The van der Waals surface area contributed by atoms with E-state index in [0.717, 1.165) is 40.3 Å². The minimum atomic E-state index is 0.858. The molecule has 6 rings (SSSR count). The average Bonchev–Trinajstić information content (AvgIpc) is 3.29. The first-order valence-corrected chi connectivity index (χ1v) is 8.30. The fourth-order valence-electron chi connectivity index (χ4n) is 3.92. The van der Waals surface area contributed by atoms with Crippen LogP contribution in [0.2, 0.25) is 0 Å². The summed E-state index contributed by atoms with van der Waals surface area (Å²) in [5.74, 6) is 0. The van der Waals surface area contributed by atoms with Gasteiger partial charge in [-0.25, -0.2) is 4.57 Å². The van der Waals surface area contributed by atoms with Gasteiger partial charge in [0.05, 0.1) is 6.20 Å². The summed E-state index contributed by atoms with van der Waals surface area (Å²) >= 11 is 0. The fraction of sp³-hybridized carbons (Fsp3) is 0.0500. The molecule has 0 spiro atoms. The summed E-state index contributed by atoms with van der Waals surface area (Å²) in [4.78, 5) is 9.00. The lowest BCUT2D eigenvalue weighted by molar-refractivity contribution is -0.671. The third-order valence-corrected chi connectivity index (χ3v) is 4.94. The molecule has 0 radical (unpaired) electrons. The molecule has 0 fully saturated rings. The van der Waals surface area contributed by atoms with E-state index in [1.54, 1.807) is 0 Å². The molecule has 5 heterocycles. The lowest BCUT2D eigenvalue weighted by Crippen LogP contribution is -2.29. The molecule has 1 aliphatic rings. The van der Waals surface area contributed by atoms with Crippen LogP contribution in [0.1, 0.15) is 5.56 Å². The third-order valence-electron chi connectivity index (χ3n) is 4.94. The van der Waals surface area contributed by atoms with E-state index >= 15 is 0 Å². The molecule has 5 nitrogen and oxygen atoms in total. The number of rotatable bonds is 1. The second-order valence-electron chi connectivity index (χ2n) is 6.33. The molecule has 5 heteroatoms. The van der Waals surface area contributed by atoms with Gasteiger partial charge < -0.3 is 0 Å². The Morgan fingerprint density at radius 3 is 2.76 bits per heavy atom. The highest BCUT2D eigenvalue weighted by Crippen LogP contribution is 2.33. The third kappa shape index (κ3) is 1.59. The minimum absolute atomic E-state index is 0.858. The molecule has 1 aromatic carbocycles. The van der Waals surface area contributed by atoms with Gasteiger partial charge in [0.25, 0.3) is 12.0 Å². The van der Waals surface area contributed by atoms with Crippen LogP contribution in [0.3, 0.4) is 0 Å². The molecule has 4 aromatic heterocycles. The van der Waals surface area contributed by atoms with Crippen LogP contribution in [0.4, 0.5) is 0 Å². The van der Waals surface area contributed by atoms with Crippen LogP contribution in [0.15, 0.2) is 73.4 Å². The molecule has 0 amide bonds. The number of pyridine rings is 2.